The van der Waals surface area contributed by atoms with Crippen molar-refractivity contribution in [3.63, 3.8) is 0 Å². The minimum absolute atomic E-state index is 0.146. The van der Waals surface area contributed by atoms with Gasteiger partial charge in [-0.1, -0.05) is 13.8 Å². The predicted octanol–water partition coefficient (Wildman–Crippen LogP) is 2.85. The fourth-order valence-corrected chi connectivity index (χ4v) is 2.76. The lowest BCUT2D eigenvalue weighted by molar-refractivity contribution is 0.0401. The largest absolute Gasteiger partial charge is 0.496 e. The van der Waals surface area contributed by atoms with Crippen molar-refractivity contribution in [3.8, 4) is 17.6 Å². The summed E-state index contributed by atoms with van der Waals surface area (Å²) in [6, 6.07) is 6.25. The first-order valence-electron chi connectivity index (χ1n) is 7.80. The highest BCUT2D eigenvalue weighted by molar-refractivity contribution is 5.47. The Morgan fingerprint density at radius 3 is 2.00 bits per heavy atom. The van der Waals surface area contributed by atoms with Crippen molar-refractivity contribution < 1.29 is 9.47 Å². The second kappa shape index (κ2) is 8.19. The van der Waals surface area contributed by atoms with Crippen LogP contribution in [0.15, 0.2) is 12.1 Å². The zero-order valence-electron chi connectivity index (χ0n) is 15.5. The third-order valence-electron chi connectivity index (χ3n) is 3.86. The van der Waals surface area contributed by atoms with Crippen molar-refractivity contribution in [1.29, 1.82) is 5.26 Å². The number of rotatable bonds is 7. The summed E-state index contributed by atoms with van der Waals surface area (Å²) in [5.74, 6) is 1.78. The van der Waals surface area contributed by atoms with E-state index in [1.807, 2.05) is 51.0 Å². The van der Waals surface area contributed by atoms with Crippen LogP contribution in [0, 0.1) is 18.3 Å². The zero-order valence-corrected chi connectivity index (χ0v) is 15.5. The summed E-state index contributed by atoms with van der Waals surface area (Å²) in [7, 11) is 9.41. The molecule has 0 fully saturated rings. The molecule has 1 atom stereocenters. The SMILES string of the molecule is COc1cc(OC(C#N)C(N(C)C)N(C)C)c(C(C)C)cc1C. The minimum Gasteiger partial charge on any atom is -0.496 e. The molecule has 1 unspecified atom stereocenters. The van der Waals surface area contributed by atoms with Gasteiger partial charge in [0.25, 0.3) is 0 Å². The Morgan fingerprint density at radius 1 is 1.04 bits per heavy atom. The van der Waals surface area contributed by atoms with E-state index in [0.717, 1.165) is 16.9 Å². The molecule has 0 saturated carbocycles. The van der Waals surface area contributed by atoms with Gasteiger partial charge < -0.3 is 9.47 Å². The molecule has 0 aromatic heterocycles. The number of hydrogen-bond donors (Lipinski definition) is 0. The van der Waals surface area contributed by atoms with Crippen molar-refractivity contribution in [3.05, 3.63) is 23.3 Å². The number of hydrogen-bond acceptors (Lipinski definition) is 5. The van der Waals surface area contributed by atoms with Gasteiger partial charge in [-0.25, -0.2) is 0 Å². The Morgan fingerprint density at radius 2 is 1.61 bits per heavy atom. The normalized spacial score (nSPS) is 12.8. The second-order valence-corrected chi connectivity index (χ2v) is 6.52. The molecule has 128 valence electrons. The van der Waals surface area contributed by atoms with Gasteiger partial charge in [-0.2, -0.15) is 5.26 Å². The number of nitriles is 1. The van der Waals surface area contributed by atoms with E-state index in [0.29, 0.717) is 11.7 Å². The molecule has 0 aliphatic heterocycles. The average Bonchev–Trinajstić information content (AvgIpc) is 2.46. The Kier molecular flexibility index (Phi) is 6.86. The lowest BCUT2D eigenvalue weighted by atomic mass is 9.99. The molecule has 1 rings (SSSR count). The molecule has 1 aromatic rings. The number of aryl methyl sites for hydroxylation is 1. The van der Waals surface area contributed by atoms with Crippen LogP contribution in [0.3, 0.4) is 0 Å². The molecule has 1 aromatic carbocycles. The van der Waals surface area contributed by atoms with Gasteiger partial charge in [0.05, 0.1) is 7.11 Å². The molecule has 23 heavy (non-hydrogen) atoms. The highest BCUT2D eigenvalue weighted by Crippen LogP contribution is 2.34. The third kappa shape index (κ3) is 4.60. The van der Waals surface area contributed by atoms with E-state index < -0.39 is 6.10 Å². The summed E-state index contributed by atoms with van der Waals surface area (Å²) >= 11 is 0. The monoisotopic (exact) mass is 319 g/mol. The van der Waals surface area contributed by atoms with Crippen LogP contribution in [0.4, 0.5) is 0 Å². The number of benzene rings is 1. The summed E-state index contributed by atoms with van der Waals surface area (Å²) in [5, 5.41) is 9.61. The molecule has 0 spiro atoms. The Balaban J connectivity index is 3.26. The number of methoxy groups -OCH3 is 1. The van der Waals surface area contributed by atoms with Gasteiger partial charge in [-0.3, -0.25) is 9.80 Å². The second-order valence-electron chi connectivity index (χ2n) is 6.52. The van der Waals surface area contributed by atoms with E-state index in [1.54, 1.807) is 7.11 Å². The van der Waals surface area contributed by atoms with Crippen LogP contribution in [-0.2, 0) is 0 Å². The van der Waals surface area contributed by atoms with Crippen molar-refractivity contribution in [2.75, 3.05) is 35.3 Å². The highest BCUT2D eigenvalue weighted by Gasteiger charge is 2.28. The fraction of sp³-hybridized carbons (Fsp3) is 0.611. The van der Waals surface area contributed by atoms with Crippen LogP contribution in [0.25, 0.3) is 0 Å². The van der Waals surface area contributed by atoms with Crippen LogP contribution < -0.4 is 9.47 Å². The van der Waals surface area contributed by atoms with E-state index in [9.17, 15) is 5.26 Å². The lowest BCUT2D eigenvalue weighted by Crippen LogP contribution is -2.50. The van der Waals surface area contributed by atoms with E-state index >= 15 is 0 Å². The van der Waals surface area contributed by atoms with Gasteiger partial charge in [0.15, 0.2) is 0 Å². The van der Waals surface area contributed by atoms with Gasteiger partial charge in [-0.05, 0) is 58.2 Å². The smallest absolute Gasteiger partial charge is 0.212 e. The number of ether oxygens (including phenoxy) is 2. The van der Waals surface area contributed by atoms with Crippen LogP contribution >= 0.6 is 0 Å². The summed E-state index contributed by atoms with van der Waals surface area (Å²) < 4.78 is 11.5. The summed E-state index contributed by atoms with van der Waals surface area (Å²) in [6.07, 6.45) is -0.753. The van der Waals surface area contributed by atoms with E-state index in [1.165, 1.54) is 0 Å². The molecule has 5 heteroatoms. The fourth-order valence-electron chi connectivity index (χ4n) is 2.76. The van der Waals surface area contributed by atoms with Crippen LogP contribution in [0.1, 0.15) is 30.9 Å². The molecule has 0 bridgehead atoms. The first-order valence-corrected chi connectivity index (χ1v) is 7.80. The first-order chi connectivity index (χ1) is 10.7. The average molecular weight is 319 g/mol. The molecular formula is C18H29N3O2. The maximum atomic E-state index is 9.61. The maximum Gasteiger partial charge on any atom is 0.212 e. The molecule has 0 heterocycles. The summed E-state index contributed by atoms with van der Waals surface area (Å²) in [4.78, 5) is 3.96. The summed E-state index contributed by atoms with van der Waals surface area (Å²) in [5.41, 5.74) is 2.15. The quantitative estimate of drug-likeness (QED) is 0.723. The number of nitrogens with zero attached hydrogens (tertiary/aromatic N) is 3. The van der Waals surface area contributed by atoms with Crippen molar-refractivity contribution in [2.24, 2.45) is 0 Å². The Hall–Kier alpha value is -1.77. The molecule has 0 amide bonds. The van der Waals surface area contributed by atoms with E-state index in [-0.39, 0.29) is 6.17 Å². The molecule has 0 saturated heterocycles. The van der Waals surface area contributed by atoms with Crippen LogP contribution in [0.2, 0.25) is 0 Å². The Bertz CT molecular complexity index is 554. The van der Waals surface area contributed by atoms with Gasteiger partial charge >= 0.3 is 0 Å². The molecule has 5 nitrogen and oxygen atoms in total. The van der Waals surface area contributed by atoms with E-state index in [2.05, 4.69) is 26.0 Å². The maximum absolute atomic E-state index is 9.61. The van der Waals surface area contributed by atoms with Gasteiger partial charge in [0.2, 0.25) is 6.10 Å². The standard InChI is InChI=1S/C18H29N3O2/c1-12(2)14-9-13(3)15(22-8)10-16(14)23-17(11-19)18(20(4)5)21(6)7/h9-10,12,17-18H,1-8H3. The topological polar surface area (TPSA) is 48.7 Å². The predicted molar refractivity (Wildman–Crippen MR) is 93.0 cm³/mol. The van der Waals surface area contributed by atoms with Crippen LogP contribution in [0.5, 0.6) is 11.5 Å². The van der Waals surface area contributed by atoms with Gasteiger partial charge in [0, 0.05) is 6.07 Å². The third-order valence-corrected chi connectivity index (χ3v) is 3.86. The zero-order chi connectivity index (χ0) is 17.7. The minimum atomic E-state index is -0.607. The molecule has 0 aliphatic carbocycles. The van der Waals surface area contributed by atoms with Crippen molar-refractivity contribution in [2.45, 2.75) is 39.0 Å². The van der Waals surface area contributed by atoms with Crippen molar-refractivity contribution in [1.82, 2.24) is 9.80 Å². The molecule has 0 N–H and O–H groups in total. The molecule has 0 aliphatic rings. The lowest BCUT2D eigenvalue weighted by Gasteiger charge is -2.34. The van der Waals surface area contributed by atoms with Gasteiger partial charge in [0.1, 0.15) is 23.7 Å². The van der Waals surface area contributed by atoms with Gasteiger partial charge in [-0.15, -0.1) is 0 Å². The number of likely N-dealkylation sites (N-methyl/N-ethyl adjacent to an activating group) is 2. The Labute approximate surface area is 140 Å². The molecular weight excluding hydrogens is 290 g/mol. The highest BCUT2D eigenvalue weighted by atomic mass is 16.5. The first kappa shape index (κ1) is 19.3. The van der Waals surface area contributed by atoms with E-state index in [4.69, 9.17) is 9.47 Å². The van der Waals surface area contributed by atoms with Crippen LogP contribution in [-0.4, -0.2) is 57.4 Å². The molecule has 0 radical (unpaired) electrons. The summed E-state index contributed by atoms with van der Waals surface area (Å²) in [6.45, 7) is 6.24. The van der Waals surface area contributed by atoms with Crippen molar-refractivity contribution >= 4 is 0 Å².